The highest BCUT2D eigenvalue weighted by molar-refractivity contribution is 7.16. The maximum atomic E-state index is 13.8. The molecule has 2 aromatic heterocycles. The Bertz CT molecular complexity index is 1170. The van der Waals surface area contributed by atoms with E-state index in [1.54, 1.807) is 11.8 Å². The molecule has 1 amide bonds. The zero-order valence-corrected chi connectivity index (χ0v) is 21.3. The summed E-state index contributed by atoms with van der Waals surface area (Å²) < 4.78 is 7.14. The predicted molar refractivity (Wildman–Crippen MR) is 134 cm³/mol. The molecule has 1 aromatic carbocycles. The van der Waals surface area contributed by atoms with Gasteiger partial charge in [-0.3, -0.25) is 14.4 Å². The molecule has 4 rings (SSSR count). The van der Waals surface area contributed by atoms with Crippen LogP contribution in [0.2, 0.25) is 0 Å². The van der Waals surface area contributed by atoms with Gasteiger partial charge >= 0.3 is 5.97 Å². The summed E-state index contributed by atoms with van der Waals surface area (Å²) in [7, 11) is 0. The van der Waals surface area contributed by atoms with Crippen molar-refractivity contribution in [2.75, 3.05) is 18.1 Å². The second kappa shape index (κ2) is 9.70. The summed E-state index contributed by atoms with van der Waals surface area (Å²) in [6.45, 7) is 10.6. The van der Waals surface area contributed by atoms with Crippen molar-refractivity contribution in [1.82, 2.24) is 14.8 Å². The van der Waals surface area contributed by atoms with Gasteiger partial charge in [-0.25, -0.2) is 9.78 Å². The van der Waals surface area contributed by atoms with Gasteiger partial charge in [0, 0.05) is 23.0 Å². The summed E-state index contributed by atoms with van der Waals surface area (Å²) >= 11 is 1.33. The third-order valence-electron chi connectivity index (χ3n) is 5.78. The number of carbonyl (C=O) groups excluding carboxylic acids is 2. The number of rotatable bonds is 8. The van der Waals surface area contributed by atoms with Crippen LogP contribution in [0.25, 0.3) is 0 Å². The number of aryl methyl sites for hydroxylation is 1. The monoisotopic (exact) mass is 480 g/mol. The largest absolute Gasteiger partial charge is 0.461 e. The van der Waals surface area contributed by atoms with Crippen molar-refractivity contribution in [3.8, 4) is 0 Å². The van der Waals surface area contributed by atoms with Crippen molar-refractivity contribution in [1.29, 1.82) is 0 Å². The molecule has 0 spiro atoms. The minimum Gasteiger partial charge on any atom is -0.461 e. The number of aromatic nitrogens is 3. The van der Waals surface area contributed by atoms with Gasteiger partial charge in [0.25, 0.3) is 5.91 Å². The molecule has 34 heavy (non-hydrogen) atoms. The molecule has 1 saturated carbocycles. The molecule has 0 saturated heterocycles. The van der Waals surface area contributed by atoms with Crippen molar-refractivity contribution in [3.05, 3.63) is 63.9 Å². The molecule has 0 atom stereocenters. The molecular formula is C26H32N4O3S. The first-order valence-electron chi connectivity index (χ1n) is 11.8. The number of nitrogens with zero attached hydrogens (tertiary/aromatic N) is 4. The summed E-state index contributed by atoms with van der Waals surface area (Å²) in [5.74, 6) is -0.209. The van der Waals surface area contributed by atoms with Gasteiger partial charge in [0.15, 0.2) is 16.5 Å². The molecule has 0 unspecified atom stereocenters. The summed E-state index contributed by atoms with van der Waals surface area (Å²) in [4.78, 5) is 33.1. The summed E-state index contributed by atoms with van der Waals surface area (Å²) in [5, 5.41) is 5.23. The van der Waals surface area contributed by atoms with E-state index in [2.05, 4.69) is 25.8 Å². The number of amides is 1. The quantitative estimate of drug-likeness (QED) is 0.406. The number of esters is 1. The van der Waals surface area contributed by atoms with E-state index in [0.717, 1.165) is 29.0 Å². The number of anilines is 1. The molecule has 2 heterocycles. The lowest BCUT2D eigenvalue weighted by molar-refractivity contribution is 0.0519. The first-order chi connectivity index (χ1) is 16.2. The number of benzene rings is 1. The van der Waals surface area contributed by atoms with Gasteiger partial charge < -0.3 is 4.74 Å². The molecule has 180 valence electrons. The molecule has 0 aliphatic heterocycles. The molecule has 7 nitrogen and oxygen atoms in total. The first-order valence-corrected chi connectivity index (χ1v) is 12.6. The molecule has 1 aliphatic carbocycles. The van der Waals surface area contributed by atoms with Crippen LogP contribution in [0.5, 0.6) is 0 Å². The van der Waals surface area contributed by atoms with E-state index < -0.39 is 5.97 Å². The predicted octanol–water partition coefficient (Wildman–Crippen LogP) is 5.35. The van der Waals surface area contributed by atoms with Crippen LogP contribution in [-0.4, -0.2) is 39.8 Å². The lowest BCUT2D eigenvalue weighted by Gasteiger charge is -2.22. The van der Waals surface area contributed by atoms with Gasteiger partial charge in [-0.1, -0.05) is 30.3 Å². The highest BCUT2D eigenvalue weighted by atomic mass is 32.1. The molecule has 0 bridgehead atoms. The minimum absolute atomic E-state index is 0.204. The van der Waals surface area contributed by atoms with Crippen LogP contribution in [0.15, 0.2) is 36.4 Å². The zero-order chi connectivity index (χ0) is 24.5. The van der Waals surface area contributed by atoms with E-state index in [1.165, 1.54) is 11.3 Å². The number of ether oxygens (including phenoxy) is 1. The van der Waals surface area contributed by atoms with Gasteiger partial charge in [0.05, 0.1) is 12.1 Å². The summed E-state index contributed by atoms with van der Waals surface area (Å²) in [6, 6.07) is 12.0. The number of hydrogen-bond donors (Lipinski definition) is 0. The van der Waals surface area contributed by atoms with Crippen LogP contribution >= 0.6 is 11.3 Å². The van der Waals surface area contributed by atoms with Crippen LogP contribution in [0, 0.1) is 6.92 Å². The Morgan fingerprint density at radius 2 is 1.91 bits per heavy atom. The summed E-state index contributed by atoms with van der Waals surface area (Å²) in [6.07, 6.45) is 2.92. The van der Waals surface area contributed by atoms with Gasteiger partial charge in [0.1, 0.15) is 0 Å². The lowest BCUT2D eigenvalue weighted by atomic mass is 10.1. The van der Waals surface area contributed by atoms with Crippen LogP contribution in [-0.2, 0) is 16.7 Å². The van der Waals surface area contributed by atoms with Crippen LogP contribution in [0.4, 0.5) is 5.13 Å². The standard InChI is InChI=1S/C26H32N4O3S/c1-6-33-24(32)22-17(2)34-25(27-22)29(15-14-18-10-8-7-9-11-18)23(31)20-16-21(19-12-13-19)30(28-20)26(3,4)5/h7-11,16,19H,6,12-15H2,1-5H3. The average molecular weight is 481 g/mol. The van der Waals surface area contributed by atoms with E-state index in [1.807, 2.05) is 48.0 Å². The fraction of sp³-hybridized carbons (Fsp3) is 0.462. The summed E-state index contributed by atoms with van der Waals surface area (Å²) in [5.41, 5.74) is 2.69. The Hall–Kier alpha value is -3.00. The normalized spacial score (nSPS) is 13.7. The van der Waals surface area contributed by atoms with Crippen molar-refractivity contribution in [2.24, 2.45) is 0 Å². The molecule has 3 aromatic rings. The van der Waals surface area contributed by atoms with Crippen LogP contribution < -0.4 is 4.90 Å². The number of hydrogen-bond acceptors (Lipinski definition) is 6. The second-order valence-corrected chi connectivity index (χ2v) is 10.8. The maximum Gasteiger partial charge on any atom is 0.358 e. The van der Waals surface area contributed by atoms with Crippen LogP contribution in [0.1, 0.15) is 83.6 Å². The van der Waals surface area contributed by atoms with Gasteiger partial charge in [-0.15, -0.1) is 11.3 Å². The highest BCUT2D eigenvalue weighted by Crippen LogP contribution is 2.42. The Morgan fingerprint density at radius 1 is 1.21 bits per heavy atom. The van der Waals surface area contributed by atoms with E-state index in [-0.39, 0.29) is 23.7 Å². The highest BCUT2D eigenvalue weighted by Gasteiger charge is 2.34. The molecule has 1 fully saturated rings. The molecule has 0 N–H and O–H groups in total. The Balaban J connectivity index is 1.69. The zero-order valence-electron chi connectivity index (χ0n) is 20.5. The van der Waals surface area contributed by atoms with Crippen molar-refractivity contribution in [2.45, 2.75) is 65.3 Å². The fourth-order valence-electron chi connectivity index (χ4n) is 3.90. The average Bonchev–Trinajstić information content (AvgIpc) is 3.41. The smallest absolute Gasteiger partial charge is 0.358 e. The van der Waals surface area contributed by atoms with E-state index in [9.17, 15) is 9.59 Å². The molecule has 1 aliphatic rings. The molecule has 8 heteroatoms. The van der Waals surface area contributed by atoms with Crippen molar-refractivity contribution in [3.63, 3.8) is 0 Å². The fourth-order valence-corrected chi connectivity index (χ4v) is 4.82. The van der Waals surface area contributed by atoms with Crippen LogP contribution in [0.3, 0.4) is 0 Å². The van der Waals surface area contributed by atoms with E-state index in [0.29, 0.717) is 29.7 Å². The Labute approximate surface area is 204 Å². The first kappa shape index (κ1) is 24.1. The van der Waals surface area contributed by atoms with E-state index in [4.69, 9.17) is 9.84 Å². The third-order valence-corrected chi connectivity index (χ3v) is 6.78. The lowest BCUT2D eigenvalue weighted by Crippen LogP contribution is -2.34. The van der Waals surface area contributed by atoms with Gasteiger partial charge in [-0.2, -0.15) is 5.10 Å². The Morgan fingerprint density at radius 3 is 2.53 bits per heavy atom. The van der Waals surface area contributed by atoms with Gasteiger partial charge in [0.2, 0.25) is 0 Å². The molecular weight excluding hydrogens is 448 g/mol. The number of carbonyl (C=O) groups is 2. The van der Waals surface area contributed by atoms with Crippen molar-refractivity contribution >= 4 is 28.3 Å². The molecule has 0 radical (unpaired) electrons. The maximum absolute atomic E-state index is 13.8. The third kappa shape index (κ3) is 5.22. The topological polar surface area (TPSA) is 77.3 Å². The second-order valence-electron chi connectivity index (χ2n) is 9.63. The van der Waals surface area contributed by atoms with Gasteiger partial charge in [-0.05, 0) is 65.5 Å². The minimum atomic E-state index is -0.467. The van der Waals surface area contributed by atoms with Crippen molar-refractivity contribution < 1.29 is 14.3 Å². The number of thiazole rings is 1. The van der Waals surface area contributed by atoms with E-state index >= 15 is 0 Å². The SMILES string of the molecule is CCOC(=O)c1nc(N(CCc2ccccc2)C(=O)c2cc(C3CC3)n(C(C)(C)C)n2)sc1C. The Kier molecular flexibility index (Phi) is 6.89.